The largest absolute Gasteiger partial charge is 0.488 e. The van der Waals surface area contributed by atoms with Crippen molar-refractivity contribution in [1.29, 1.82) is 0 Å². The molecule has 0 atom stereocenters. The monoisotopic (exact) mass is 784 g/mol. The fourth-order valence-corrected chi connectivity index (χ4v) is 6.43. The van der Waals surface area contributed by atoms with Crippen LogP contribution in [0.15, 0.2) is 97.5 Å². The first-order valence-corrected chi connectivity index (χ1v) is 19.2. The molecule has 1 saturated heterocycles. The van der Waals surface area contributed by atoms with Gasteiger partial charge in [-0.15, -0.1) is 0 Å². The van der Waals surface area contributed by atoms with E-state index >= 15 is 0 Å². The molecule has 15 heteroatoms. The maximum Gasteiger partial charge on any atom is 0.324 e. The van der Waals surface area contributed by atoms with Crippen molar-refractivity contribution in [2.24, 2.45) is 0 Å². The number of aromatic nitrogens is 5. The van der Waals surface area contributed by atoms with Gasteiger partial charge in [-0.3, -0.25) is 15.0 Å². The van der Waals surface area contributed by atoms with E-state index in [-0.39, 0.29) is 23.6 Å². The van der Waals surface area contributed by atoms with Gasteiger partial charge in [-0.1, -0.05) is 57.2 Å². The maximum absolute atomic E-state index is 13.6. The number of pyridine rings is 1. The van der Waals surface area contributed by atoms with Crippen molar-refractivity contribution < 1.29 is 23.8 Å². The highest BCUT2D eigenvalue weighted by Gasteiger charge is 2.22. The molecule has 0 spiro atoms. The Morgan fingerprint density at radius 1 is 0.828 bits per heavy atom. The quantitative estimate of drug-likeness (QED) is 0.0929. The number of urea groups is 1. The lowest BCUT2D eigenvalue weighted by Crippen LogP contribution is -2.41. The zero-order valence-electron chi connectivity index (χ0n) is 33.1. The van der Waals surface area contributed by atoms with Crippen LogP contribution in [0.4, 0.5) is 27.9 Å². The molecule has 15 nitrogen and oxygen atoms in total. The second kappa shape index (κ2) is 18.2. The molecule has 6 aromatic rings. The van der Waals surface area contributed by atoms with Gasteiger partial charge in [0.25, 0.3) is 5.91 Å². The number of carbonyl (C=O) groups is 2. The normalized spacial score (nSPS) is 13.2. The molecule has 3 amide bonds. The number of fused-ring (bicyclic) bond motifs is 1. The third kappa shape index (κ3) is 10.1. The Bertz CT molecular complexity index is 2350. The van der Waals surface area contributed by atoms with Crippen LogP contribution < -0.4 is 26.0 Å². The molecule has 1 aliphatic heterocycles. The Labute approximate surface area is 337 Å². The molecule has 1 fully saturated rings. The average molecular weight is 785 g/mol. The van der Waals surface area contributed by atoms with Crippen molar-refractivity contribution in [3.63, 3.8) is 0 Å². The molecular weight excluding hydrogens is 737 g/mol. The molecule has 0 unspecified atom stereocenters. The number of hydrogen-bond acceptors (Lipinski definition) is 11. The molecule has 0 saturated carbocycles. The predicted octanol–water partition coefficient (Wildman–Crippen LogP) is 6.68. The van der Waals surface area contributed by atoms with Crippen molar-refractivity contribution in [3.05, 3.63) is 120 Å². The predicted molar refractivity (Wildman–Crippen MR) is 223 cm³/mol. The number of nitrogens with zero attached hydrogens (tertiary/aromatic N) is 6. The minimum Gasteiger partial charge on any atom is -0.488 e. The Balaban J connectivity index is 0.980. The number of methoxy groups -OCH3 is 1. The zero-order valence-corrected chi connectivity index (χ0v) is 33.1. The summed E-state index contributed by atoms with van der Waals surface area (Å²) in [6.45, 7) is 11.4. The summed E-state index contributed by atoms with van der Waals surface area (Å²) in [6.07, 6.45) is 4.62. The van der Waals surface area contributed by atoms with Gasteiger partial charge in [0.15, 0.2) is 0 Å². The highest BCUT2D eigenvalue weighted by molar-refractivity contribution is 6.07. The number of benzene rings is 3. The molecule has 4 N–H and O–H groups in total. The lowest BCUT2D eigenvalue weighted by molar-refractivity contribution is 0.0383. The number of ether oxygens (including phenoxy) is 3. The number of carbonyl (C=O) groups excluding carboxylic acids is 2. The van der Waals surface area contributed by atoms with Gasteiger partial charge in [0, 0.05) is 61.7 Å². The van der Waals surface area contributed by atoms with E-state index in [1.54, 1.807) is 18.0 Å². The molecule has 3 aromatic carbocycles. The Kier molecular flexibility index (Phi) is 12.5. The van der Waals surface area contributed by atoms with Gasteiger partial charge in [-0.25, -0.2) is 24.4 Å². The summed E-state index contributed by atoms with van der Waals surface area (Å²) >= 11 is 0. The summed E-state index contributed by atoms with van der Waals surface area (Å²) in [5.41, 5.74) is 4.12. The minimum absolute atomic E-state index is 0.235. The minimum atomic E-state index is -0.410. The second-order valence-corrected chi connectivity index (χ2v) is 14.9. The van der Waals surface area contributed by atoms with Crippen molar-refractivity contribution in [2.45, 2.75) is 39.4 Å². The summed E-state index contributed by atoms with van der Waals surface area (Å²) in [7, 11) is 1.66. The highest BCUT2D eigenvalue weighted by atomic mass is 16.5. The van der Waals surface area contributed by atoms with Crippen LogP contribution in [0.2, 0.25) is 0 Å². The third-order valence-electron chi connectivity index (χ3n) is 9.49. The first kappa shape index (κ1) is 39.8. The lowest BCUT2D eigenvalue weighted by Gasteiger charge is -2.26. The van der Waals surface area contributed by atoms with Gasteiger partial charge in [0.05, 0.1) is 49.3 Å². The number of morpholine rings is 1. The van der Waals surface area contributed by atoms with E-state index in [4.69, 9.17) is 19.3 Å². The maximum atomic E-state index is 13.6. The zero-order chi connectivity index (χ0) is 40.5. The molecule has 0 aliphatic carbocycles. The molecule has 4 heterocycles. The number of nitrogens with one attached hydrogen (secondary N) is 4. The molecule has 3 aromatic heterocycles. The van der Waals surface area contributed by atoms with Crippen LogP contribution in [0.5, 0.6) is 5.75 Å². The van der Waals surface area contributed by atoms with E-state index in [1.165, 1.54) is 12.4 Å². The molecule has 0 bridgehead atoms. The fraction of sp³-hybridized carbons (Fsp3) is 0.302. The Hall–Kier alpha value is -6.42. The highest BCUT2D eigenvalue weighted by Crippen LogP contribution is 2.33. The van der Waals surface area contributed by atoms with Crippen LogP contribution in [0.3, 0.4) is 0 Å². The van der Waals surface area contributed by atoms with E-state index in [0.29, 0.717) is 55.3 Å². The van der Waals surface area contributed by atoms with Crippen LogP contribution >= 0.6 is 0 Å². The molecule has 1 aliphatic rings. The number of rotatable bonds is 14. The first-order valence-electron chi connectivity index (χ1n) is 19.2. The van der Waals surface area contributed by atoms with E-state index < -0.39 is 6.03 Å². The average Bonchev–Trinajstić information content (AvgIpc) is 3.66. The molecular formula is C43H48N10O5. The Morgan fingerprint density at radius 3 is 2.41 bits per heavy atom. The molecule has 0 radical (unpaired) electrons. The topological polar surface area (TPSA) is 170 Å². The van der Waals surface area contributed by atoms with E-state index in [1.807, 2.05) is 78.9 Å². The molecule has 7 rings (SSSR count). The van der Waals surface area contributed by atoms with Crippen LogP contribution in [0.25, 0.3) is 16.5 Å². The van der Waals surface area contributed by atoms with Gasteiger partial charge < -0.3 is 30.2 Å². The van der Waals surface area contributed by atoms with E-state index in [2.05, 4.69) is 61.9 Å². The Morgan fingerprint density at radius 2 is 1.64 bits per heavy atom. The van der Waals surface area contributed by atoms with Crippen molar-refractivity contribution in [1.82, 2.24) is 34.9 Å². The third-order valence-corrected chi connectivity index (χ3v) is 9.49. The number of amides is 3. The van der Waals surface area contributed by atoms with Gasteiger partial charge in [-0.05, 0) is 47.5 Å². The van der Waals surface area contributed by atoms with Gasteiger partial charge in [0.1, 0.15) is 35.5 Å². The van der Waals surface area contributed by atoms with E-state index in [0.717, 1.165) is 52.9 Å². The van der Waals surface area contributed by atoms with Crippen molar-refractivity contribution in [3.8, 4) is 11.4 Å². The summed E-state index contributed by atoms with van der Waals surface area (Å²) in [5, 5.41) is 18.6. The summed E-state index contributed by atoms with van der Waals surface area (Å²) in [6, 6.07) is 24.5. The van der Waals surface area contributed by atoms with Crippen molar-refractivity contribution in [2.75, 3.05) is 62.5 Å². The summed E-state index contributed by atoms with van der Waals surface area (Å²) in [4.78, 5) is 41.5. The smallest absolute Gasteiger partial charge is 0.324 e. The summed E-state index contributed by atoms with van der Waals surface area (Å²) < 4.78 is 18.8. The summed E-state index contributed by atoms with van der Waals surface area (Å²) in [5.74, 6) is 1.91. The molecule has 58 heavy (non-hydrogen) atoms. The second-order valence-electron chi connectivity index (χ2n) is 14.9. The lowest BCUT2D eigenvalue weighted by atomic mass is 9.92. The standard InChI is InChI=1S/C43H48N10O5/c1-43(2,3)37-24-40(53(51-37)31-9-7-8-29(22-31)27-56-4)50-42(55)48-34-12-13-36(33-11-6-5-10-32(33)34)58-28-30-14-15-44-38(23-30)49-39-26-46-35(25-47-39)41(54)45-16-17-52-18-20-57-21-19-52/h5-15,22-26H,16-21,27-28H2,1-4H3,(H,45,54)(H,44,47,49)(H2,48,50,55). The van der Waals surface area contributed by atoms with Crippen LogP contribution in [-0.4, -0.2) is 88.1 Å². The van der Waals surface area contributed by atoms with Crippen LogP contribution in [-0.2, 0) is 28.1 Å². The van der Waals surface area contributed by atoms with Gasteiger partial charge in [-0.2, -0.15) is 5.10 Å². The van der Waals surface area contributed by atoms with Gasteiger partial charge in [0.2, 0.25) is 0 Å². The van der Waals surface area contributed by atoms with E-state index in [9.17, 15) is 9.59 Å². The van der Waals surface area contributed by atoms with Crippen LogP contribution in [0, 0.1) is 0 Å². The number of hydrogen-bond donors (Lipinski definition) is 4. The van der Waals surface area contributed by atoms with Gasteiger partial charge >= 0.3 is 6.03 Å². The van der Waals surface area contributed by atoms with Crippen molar-refractivity contribution >= 4 is 45.9 Å². The SMILES string of the molecule is COCc1cccc(-n2nc(C(C)(C)C)cc2NC(=O)Nc2ccc(OCc3ccnc(Nc4cnc(C(=O)NCCN5CCOCC5)cn4)c3)c3ccccc23)c1. The fourth-order valence-electron chi connectivity index (χ4n) is 6.43. The molecule has 300 valence electrons. The van der Waals surface area contributed by atoms with Crippen LogP contribution in [0.1, 0.15) is 48.1 Å². The first-order chi connectivity index (χ1) is 28.1. The number of anilines is 4.